The summed E-state index contributed by atoms with van der Waals surface area (Å²) in [6.45, 7) is 8.53. The predicted octanol–water partition coefficient (Wildman–Crippen LogP) is 7.05. The average molecular weight is 429 g/mol. The van der Waals surface area contributed by atoms with Crippen LogP contribution < -0.4 is 9.47 Å². The monoisotopic (exact) mass is 428 g/mol. The molecule has 1 unspecified atom stereocenters. The van der Waals surface area contributed by atoms with Crippen LogP contribution >= 0.6 is 0 Å². The molecule has 172 valence electrons. The first kappa shape index (κ1) is 23.9. The minimum Gasteiger partial charge on any atom is -0.467 e. The Morgan fingerprint density at radius 3 is 1.97 bits per heavy atom. The lowest BCUT2D eigenvalue weighted by atomic mass is 9.79. The third-order valence-electron chi connectivity index (χ3n) is 6.11. The average Bonchev–Trinajstić information content (AvgIpc) is 2.80. The molecule has 4 nitrogen and oxygen atoms in total. The quantitative estimate of drug-likeness (QED) is 0.239. The highest BCUT2D eigenvalue weighted by atomic mass is 16.7. The molecule has 0 amide bonds. The third-order valence-corrected chi connectivity index (χ3v) is 6.11. The van der Waals surface area contributed by atoms with Crippen molar-refractivity contribution in [2.75, 3.05) is 26.8 Å². The van der Waals surface area contributed by atoms with Gasteiger partial charge in [0.2, 0.25) is 0 Å². The largest absolute Gasteiger partial charge is 0.467 e. The number of rotatable bonds is 14. The minimum atomic E-state index is 0.296. The second-order valence-electron chi connectivity index (χ2n) is 8.61. The molecule has 2 aromatic carbocycles. The van der Waals surface area contributed by atoms with Gasteiger partial charge in [-0.25, -0.2) is 0 Å². The van der Waals surface area contributed by atoms with Crippen molar-refractivity contribution < 1.29 is 18.9 Å². The van der Waals surface area contributed by atoms with Crippen molar-refractivity contribution in [1.82, 2.24) is 0 Å². The summed E-state index contributed by atoms with van der Waals surface area (Å²) in [4.78, 5) is 0. The van der Waals surface area contributed by atoms with E-state index in [1.54, 1.807) is 0 Å². The van der Waals surface area contributed by atoms with Crippen molar-refractivity contribution in [1.29, 1.82) is 0 Å². The fraction of sp³-hybridized carbons (Fsp3) is 0.630. The maximum atomic E-state index is 6.28. The van der Waals surface area contributed by atoms with E-state index in [4.69, 9.17) is 18.9 Å². The Hall–Kier alpha value is -1.78. The smallest absolute Gasteiger partial charge is 0.189 e. The summed E-state index contributed by atoms with van der Waals surface area (Å²) in [6.07, 6.45) is 10.5. The topological polar surface area (TPSA) is 36.9 Å². The molecule has 0 saturated carbocycles. The van der Waals surface area contributed by atoms with Crippen molar-refractivity contribution in [3.05, 3.63) is 35.4 Å². The number of ether oxygens (including phenoxy) is 4. The first-order valence-electron chi connectivity index (χ1n) is 12.3. The van der Waals surface area contributed by atoms with E-state index in [0.29, 0.717) is 19.5 Å². The summed E-state index contributed by atoms with van der Waals surface area (Å²) in [6, 6.07) is 8.43. The zero-order valence-electron chi connectivity index (χ0n) is 19.7. The molecule has 4 heteroatoms. The van der Waals surface area contributed by atoms with Crippen LogP contribution in [0.1, 0.15) is 76.8 Å². The summed E-state index contributed by atoms with van der Waals surface area (Å²) in [5.41, 5.74) is 2.62. The van der Waals surface area contributed by atoms with Crippen LogP contribution in [0.2, 0.25) is 0 Å². The molecule has 3 rings (SSSR count). The lowest BCUT2D eigenvalue weighted by Gasteiger charge is -2.30. The van der Waals surface area contributed by atoms with E-state index in [-0.39, 0.29) is 0 Å². The number of unbranched alkanes of at least 4 members (excludes halogenated alkanes) is 2. The lowest BCUT2D eigenvalue weighted by Crippen LogP contribution is -2.18. The molecule has 1 aliphatic carbocycles. The second-order valence-corrected chi connectivity index (χ2v) is 8.61. The highest BCUT2D eigenvalue weighted by Crippen LogP contribution is 2.46. The highest BCUT2D eigenvalue weighted by molar-refractivity contribution is 5.96. The fourth-order valence-electron chi connectivity index (χ4n) is 4.56. The van der Waals surface area contributed by atoms with Crippen LogP contribution in [0.5, 0.6) is 11.5 Å². The maximum Gasteiger partial charge on any atom is 0.189 e. The predicted molar refractivity (Wildman–Crippen MR) is 127 cm³/mol. The van der Waals surface area contributed by atoms with Gasteiger partial charge in [-0.2, -0.15) is 0 Å². The van der Waals surface area contributed by atoms with E-state index in [1.165, 1.54) is 43.2 Å². The van der Waals surface area contributed by atoms with Gasteiger partial charge >= 0.3 is 0 Å². The Morgan fingerprint density at radius 2 is 1.39 bits per heavy atom. The standard InChI is InChI=1S/C27H40O4/c1-4-7-8-11-21-14-15-24-25(18-21)27(31-20-29-17-6-3)23-13-10-9-12-22(23)26(24)30-19-28-16-5-2/h9-10,12-13,21H,4-8,11,14-20H2,1-3H3. The normalized spacial score (nSPS) is 15.8. The van der Waals surface area contributed by atoms with Crippen LogP contribution in [-0.2, 0) is 22.3 Å². The first-order chi connectivity index (χ1) is 15.3. The zero-order valence-corrected chi connectivity index (χ0v) is 19.7. The molecule has 0 aliphatic heterocycles. The van der Waals surface area contributed by atoms with Crippen LogP contribution in [0.4, 0.5) is 0 Å². The van der Waals surface area contributed by atoms with Crippen LogP contribution in [0, 0.1) is 5.92 Å². The van der Waals surface area contributed by atoms with Gasteiger partial charge in [-0.3, -0.25) is 0 Å². The molecule has 0 bridgehead atoms. The van der Waals surface area contributed by atoms with Gasteiger partial charge in [-0.05, 0) is 38.0 Å². The van der Waals surface area contributed by atoms with Crippen molar-refractivity contribution >= 4 is 10.8 Å². The Morgan fingerprint density at radius 1 is 0.774 bits per heavy atom. The van der Waals surface area contributed by atoms with Crippen molar-refractivity contribution in [3.63, 3.8) is 0 Å². The van der Waals surface area contributed by atoms with Gasteiger partial charge in [-0.1, -0.05) is 70.7 Å². The molecule has 0 fully saturated rings. The van der Waals surface area contributed by atoms with Crippen LogP contribution in [0.25, 0.3) is 10.8 Å². The fourth-order valence-corrected chi connectivity index (χ4v) is 4.56. The summed E-state index contributed by atoms with van der Waals surface area (Å²) < 4.78 is 23.9. The molecule has 1 aliphatic rings. The van der Waals surface area contributed by atoms with Gasteiger partial charge in [0.25, 0.3) is 0 Å². The second kappa shape index (κ2) is 12.9. The molecule has 0 heterocycles. The highest BCUT2D eigenvalue weighted by Gasteiger charge is 2.28. The molecule has 1 atom stereocenters. The van der Waals surface area contributed by atoms with Crippen molar-refractivity contribution in [3.8, 4) is 11.5 Å². The van der Waals surface area contributed by atoms with E-state index in [1.807, 2.05) is 0 Å². The van der Waals surface area contributed by atoms with Crippen LogP contribution in [0.15, 0.2) is 24.3 Å². The Balaban J connectivity index is 1.94. The lowest BCUT2D eigenvalue weighted by molar-refractivity contribution is 0.0135. The number of fused-ring (bicyclic) bond motifs is 2. The van der Waals surface area contributed by atoms with Gasteiger partial charge in [0, 0.05) is 21.9 Å². The molecule has 0 spiro atoms. The molecular weight excluding hydrogens is 388 g/mol. The van der Waals surface area contributed by atoms with E-state index in [9.17, 15) is 0 Å². The van der Waals surface area contributed by atoms with Crippen molar-refractivity contribution in [2.45, 2.75) is 78.6 Å². The first-order valence-corrected chi connectivity index (χ1v) is 12.3. The van der Waals surface area contributed by atoms with Crippen molar-refractivity contribution in [2.24, 2.45) is 5.92 Å². The zero-order chi connectivity index (χ0) is 21.9. The van der Waals surface area contributed by atoms with E-state index in [2.05, 4.69) is 45.0 Å². The van der Waals surface area contributed by atoms with E-state index < -0.39 is 0 Å². The molecular formula is C27H40O4. The van der Waals surface area contributed by atoms with E-state index in [0.717, 1.165) is 61.2 Å². The molecule has 31 heavy (non-hydrogen) atoms. The maximum absolute atomic E-state index is 6.28. The number of benzene rings is 2. The number of hydrogen-bond acceptors (Lipinski definition) is 4. The molecule has 0 aromatic heterocycles. The summed E-state index contributed by atoms with van der Waals surface area (Å²) in [5, 5.41) is 2.22. The molecule has 0 saturated heterocycles. The Labute approximate surface area is 188 Å². The molecule has 0 N–H and O–H groups in total. The van der Waals surface area contributed by atoms with Crippen LogP contribution in [-0.4, -0.2) is 26.8 Å². The Bertz CT molecular complexity index is 801. The van der Waals surface area contributed by atoms with Gasteiger partial charge in [-0.15, -0.1) is 0 Å². The van der Waals surface area contributed by atoms with Gasteiger partial charge in [0.15, 0.2) is 13.6 Å². The minimum absolute atomic E-state index is 0.296. The van der Waals surface area contributed by atoms with Gasteiger partial charge in [0.1, 0.15) is 11.5 Å². The third kappa shape index (κ3) is 6.36. The van der Waals surface area contributed by atoms with Gasteiger partial charge in [0.05, 0.1) is 13.2 Å². The number of hydrogen-bond donors (Lipinski definition) is 0. The molecule has 0 radical (unpaired) electrons. The summed E-state index contributed by atoms with van der Waals surface area (Å²) in [5.74, 6) is 2.68. The summed E-state index contributed by atoms with van der Waals surface area (Å²) >= 11 is 0. The van der Waals surface area contributed by atoms with Gasteiger partial charge < -0.3 is 18.9 Å². The SMILES string of the molecule is CCCCCC1CCc2c(c(OCOCCC)c3ccccc3c2OCOCCC)C1. The molecule has 2 aromatic rings. The Kier molecular flexibility index (Phi) is 9.95. The summed E-state index contributed by atoms with van der Waals surface area (Å²) in [7, 11) is 0. The van der Waals surface area contributed by atoms with Crippen LogP contribution in [0.3, 0.4) is 0 Å². The van der Waals surface area contributed by atoms with E-state index >= 15 is 0 Å².